The van der Waals surface area contributed by atoms with Crippen molar-refractivity contribution in [2.75, 3.05) is 0 Å². The SMILES string of the molecule is O=C(N/N=C\c1cc2ccccc2[nH]1)c1ccc(=O)[nH]n1. The van der Waals surface area contributed by atoms with E-state index in [0.717, 1.165) is 16.6 Å². The van der Waals surface area contributed by atoms with E-state index in [0.29, 0.717) is 0 Å². The molecule has 0 aliphatic rings. The second kappa shape index (κ2) is 5.41. The molecule has 0 aliphatic carbocycles. The van der Waals surface area contributed by atoms with Gasteiger partial charge in [0.25, 0.3) is 11.5 Å². The lowest BCUT2D eigenvalue weighted by Crippen LogP contribution is -2.21. The summed E-state index contributed by atoms with van der Waals surface area (Å²) >= 11 is 0. The summed E-state index contributed by atoms with van der Waals surface area (Å²) in [5.41, 5.74) is 3.82. The number of aromatic amines is 2. The minimum absolute atomic E-state index is 0.0865. The molecule has 0 bridgehead atoms. The molecule has 2 aromatic heterocycles. The Bertz CT molecular complexity index is 825. The Hall–Kier alpha value is -3.22. The van der Waals surface area contributed by atoms with Crippen molar-refractivity contribution in [3.8, 4) is 0 Å². The highest BCUT2D eigenvalue weighted by atomic mass is 16.2. The molecular weight excluding hydrogens is 270 g/mol. The first-order valence-corrected chi connectivity index (χ1v) is 6.19. The topological polar surface area (TPSA) is 103 Å². The van der Waals surface area contributed by atoms with Gasteiger partial charge in [0.15, 0.2) is 5.69 Å². The van der Waals surface area contributed by atoms with Gasteiger partial charge < -0.3 is 4.98 Å². The van der Waals surface area contributed by atoms with E-state index in [2.05, 4.69) is 25.7 Å². The average Bonchev–Trinajstić information content (AvgIpc) is 2.90. The first-order chi connectivity index (χ1) is 10.2. The summed E-state index contributed by atoms with van der Waals surface area (Å²) in [6.45, 7) is 0. The van der Waals surface area contributed by atoms with Crippen molar-refractivity contribution in [2.45, 2.75) is 0 Å². The maximum atomic E-state index is 11.7. The van der Waals surface area contributed by atoms with Crippen molar-refractivity contribution in [3.63, 3.8) is 0 Å². The number of aromatic nitrogens is 3. The number of carbonyl (C=O) groups is 1. The lowest BCUT2D eigenvalue weighted by atomic mass is 10.2. The van der Waals surface area contributed by atoms with Crippen LogP contribution in [-0.4, -0.2) is 27.3 Å². The van der Waals surface area contributed by atoms with Gasteiger partial charge in [-0.05, 0) is 18.2 Å². The van der Waals surface area contributed by atoms with Crippen molar-refractivity contribution in [1.82, 2.24) is 20.6 Å². The number of benzene rings is 1. The Morgan fingerprint density at radius 1 is 1.24 bits per heavy atom. The largest absolute Gasteiger partial charge is 0.354 e. The van der Waals surface area contributed by atoms with Crippen LogP contribution in [0.15, 0.2) is 52.4 Å². The monoisotopic (exact) mass is 281 g/mol. The Morgan fingerprint density at radius 2 is 2.10 bits per heavy atom. The van der Waals surface area contributed by atoms with Gasteiger partial charge in [-0.2, -0.15) is 10.2 Å². The molecule has 104 valence electrons. The molecule has 3 aromatic rings. The number of hydrazone groups is 1. The first kappa shape index (κ1) is 12.8. The number of para-hydroxylation sites is 1. The minimum atomic E-state index is -0.501. The summed E-state index contributed by atoms with van der Waals surface area (Å²) in [4.78, 5) is 25.7. The number of rotatable bonds is 3. The molecule has 0 unspecified atom stereocenters. The van der Waals surface area contributed by atoms with Gasteiger partial charge in [0, 0.05) is 17.0 Å². The smallest absolute Gasteiger partial charge is 0.291 e. The van der Waals surface area contributed by atoms with E-state index in [9.17, 15) is 9.59 Å². The van der Waals surface area contributed by atoms with E-state index in [1.54, 1.807) is 0 Å². The molecule has 2 heterocycles. The molecule has 21 heavy (non-hydrogen) atoms. The summed E-state index contributed by atoms with van der Waals surface area (Å²) in [6, 6.07) is 12.3. The van der Waals surface area contributed by atoms with Gasteiger partial charge >= 0.3 is 0 Å². The maximum absolute atomic E-state index is 11.7. The van der Waals surface area contributed by atoms with Crippen LogP contribution in [0.3, 0.4) is 0 Å². The zero-order valence-electron chi connectivity index (χ0n) is 10.8. The van der Waals surface area contributed by atoms with Crippen molar-refractivity contribution >= 4 is 23.0 Å². The summed E-state index contributed by atoms with van der Waals surface area (Å²) < 4.78 is 0. The summed E-state index contributed by atoms with van der Waals surface area (Å²) in [5, 5.41) is 10.7. The van der Waals surface area contributed by atoms with Crippen LogP contribution in [0.25, 0.3) is 10.9 Å². The molecule has 3 N–H and O–H groups in total. The normalized spacial score (nSPS) is 11.0. The molecule has 0 radical (unpaired) electrons. The number of nitrogens with zero attached hydrogens (tertiary/aromatic N) is 2. The molecule has 0 aliphatic heterocycles. The highest BCUT2D eigenvalue weighted by Crippen LogP contribution is 2.13. The first-order valence-electron chi connectivity index (χ1n) is 6.19. The second-order valence-electron chi connectivity index (χ2n) is 4.32. The van der Waals surface area contributed by atoms with Crippen LogP contribution in [0.5, 0.6) is 0 Å². The maximum Gasteiger partial charge on any atom is 0.291 e. The van der Waals surface area contributed by atoms with Gasteiger partial charge in [0.1, 0.15) is 0 Å². The molecule has 7 heteroatoms. The molecule has 1 aromatic carbocycles. The van der Waals surface area contributed by atoms with E-state index in [1.807, 2.05) is 30.3 Å². The van der Waals surface area contributed by atoms with E-state index in [1.165, 1.54) is 18.3 Å². The van der Waals surface area contributed by atoms with Gasteiger partial charge in [-0.1, -0.05) is 18.2 Å². The number of hydrogen-bond acceptors (Lipinski definition) is 4. The lowest BCUT2D eigenvalue weighted by molar-refractivity contribution is 0.0949. The van der Waals surface area contributed by atoms with Gasteiger partial charge in [-0.25, -0.2) is 10.5 Å². The highest BCUT2D eigenvalue weighted by Gasteiger charge is 2.05. The number of amides is 1. The summed E-state index contributed by atoms with van der Waals surface area (Å²) in [5.74, 6) is -0.501. The predicted octanol–water partition coefficient (Wildman–Crippen LogP) is 1.02. The van der Waals surface area contributed by atoms with E-state index < -0.39 is 5.91 Å². The quantitative estimate of drug-likeness (QED) is 0.493. The minimum Gasteiger partial charge on any atom is -0.354 e. The zero-order chi connectivity index (χ0) is 14.7. The van der Waals surface area contributed by atoms with Crippen LogP contribution >= 0.6 is 0 Å². The second-order valence-corrected chi connectivity index (χ2v) is 4.32. The third kappa shape index (κ3) is 2.86. The number of nitrogens with one attached hydrogen (secondary N) is 3. The third-order valence-corrected chi connectivity index (χ3v) is 2.83. The summed E-state index contributed by atoms with van der Waals surface area (Å²) in [6.07, 6.45) is 1.50. The summed E-state index contributed by atoms with van der Waals surface area (Å²) in [7, 11) is 0. The van der Waals surface area contributed by atoms with E-state index >= 15 is 0 Å². The number of carbonyl (C=O) groups excluding carboxylic acids is 1. The molecule has 1 amide bonds. The Kier molecular flexibility index (Phi) is 3.30. The standard InChI is InChI=1S/C14H11N5O2/c20-13-6-5-12(17-18-13)14(21)19-15-8-10-7-9-3-1-2-4-11(9)16-10/h1-8,16H,(H,18,20)(H,19,21)/b15-8-. The Morgan fingerprint density at radius 3 is 2.86 bits per heavy atom. The number of hydrogen-bond donors (Lipinski definition) is 3. The van der Waals surface area contributed by atoms with Crippen LogP contribution in [-0.2, 0) is 0 Å². The van der Waals surface area contributed by atoms with E-state index in [-0.39, 0.29) is 11.3 Å². The predicted molar refractivity (Wildman–Crippen MR) is 78.2 cm³/mol. The molecule has 0 saturated heterocycles. The molecule has 3 rings (SSSR count). The molecule has 0 spiro atoms. The molecular formula is C14H11N5O2. The fourth-order valence-corrected chi connectivity index (χ4v) is 1.85. The van der Waals surface area contributed by atoms with Crippen LogP contribution in [0.4, 0.5) is 0 Å². The highest BCUT2D eigenvalue weighted by molar-refractivity contribution is 5.93. The molecule has 0 atom stereocenters. The Labute approximate surface area is 118 Å². The third-order valence-electron chi connectivity index (χ3n) is 2.83. The number of H-pyrrole nitrogens is 2. The van der Waals surface area contributed by atoms with Crippen molar-refractivity contribution in [3.05, 3.63) is 64.2 Å². The van der Waals surface area contributed by atoms with Crippen molar-refractivity contribution < 1.29 is 4.79 Å². The Balaban J connectivity index is 1.70. The molecule has 0 saturated carbocycles. The lowest BCUT2D eigenvalue weighted by Gasteiger charge is -1.96. The fraction of sp³-hybridized carbons (Fsp3) is 0. The van der Waals surface area contributed by atoms with Crippen LogP contribution in [0.1, 0.15) is 16.2 Å². The van der Waals surface area contributed by atoms with Crippen molar-refractivity contribution in [2.24, 2.45) is 5.10 Å². The average molecular weight is 281 g/mol. The van der Waals surface area contributed by atoms with Gasteiger partial charge in [-0.3, -0.25) is 9.59 Å². The van der Waals surface area contributed by atoms with Crippen LogP contribution < -0.4 is 11.0 Å². The van der Waals surface area contributed by atoms with Gasteiger partial charge in [-0.15, -0.1) is 0 Å². The number of fused-ring (bicyclic) bond motifs is 1. The fourth-order valence-electron chi connectivity index (χ4n) is 1.85. The van der Waals surface area contributed by atoms with Crippen LogP contribution in [0.2, 0.25) is 0 Å². The van der Waals surface area contributed by atoms with Crippen molar-refractivity contribution in [1.29, 1.82) is 0 Å². The van der Waals surface area contributed by atoms with Gasteiger partial charge in [0.05, 0.1) is 11.9 Å². The molecule has 0 fully saturated rings. The van der Waals surface area contributed by atoms with Crippen LogP contribution in [0, 0.1) is 0 Å². The zero-order valence-corrected chi connectivity index (χ0v) is 10.8. The van der Waals surface area contributed by atoms with E-state index in [4.69, 9.17) is 0 Å². The van der Waals surface area contributed by atoms with Gasteiger partial charge in [0.2, 0.25) is 0 Å². The molecule has 7 nitrogen and oxygen atoms in total.